The van der Waals surface area contributed by atoms with Gasteiger partial charge in [0.1, 0.15) is 5.75 Å². The number of benzene rings is 1. The highest BCUT2D eigenvalue weighted by Crippen LogP contribution is 2.38. The van der Waals surface area contributed by atoms with Crippen LogP contribution < -0.4 is 20.8 Å². The van der Waals surface area contributed by atoms with E-state index in [1.165, 1.54) is 23.6 Å². The van der Waals surface area contributed by atoms with Crippen molar-refractivity contribution < 1.29 is 4.74 Å². The van der Waals surface area contributed by atoms with Crippen molar-refractivity contribution in [1.29, 1.82) is 0 Å². The van der Waals surface area contributed by atoms with Gasteiger partial charge in [-0.2, -0.15) is 0 Å². The van der Waals surface area contributed by atoms with Gasteiger partial charge in [0.2, 0.25) is 0 Å². The van der Waals surface area contributed by atoms with Gasteiger partial charge < -0.3 is 19.8 Å². The lowest BCUT2D eigenvalue weighted by Gasteiger charge is -2.17. The Morgan fingerprint density at radius 2 is 2.19 bits per heavy atom. The summed E-state index contributed by atoms with van der Waals surface area (Å²) in [7, 11) is 3.35. The zero-order chi connectivity index (χ0) is 19.4. The van der Waals surface area contributed by atoms with Gasteiger partial charge in [-0.05, 0) is 37.0 Å². The number of nitrogens with two attached hydrogens (primary N) is 1. The molecule has 1 aliphatic carbocycles. The molecule has 0 amide bonds. The summed E-state index contributed by atoms with van der Waals surface area (Å²) in [6, 6.07) is 5.99. The Bertz CT molecular complexity index is 904. The number of hydrogen-bond acceptors (Lipinski definition) is 6. The molecule has 1 fully saturated rings. The number of ether oxygens (including phenoxy) is 1. The highest BCUT2D eigenvalue weighted by molar-refractivity contribution is 8.00. The van der Waals surface area contributed by atoms with Crippen LogP contribution in [0.4, 0.5) is 11.4 Å². The Balaban J connectivity index is 2.10. The van der Waals surface area contributed by atoms with Gasteiger partial charge in [-0.15, -0.1) is 0 Å². The smallest absolute Gasteiger partial charge is 0.261 e. The van der Waals surface area contributed by atoms with Crippen LogP contribution in [0.15, 0.2) is 34.2 Å². The fourth-order valence-electron chi connectivity index (χ4n) is 2.82. The molecule has 144 valence electrons. The van der Waals surface area contributed by atoms with Gasteiger partial charge in [0.25, 0.3) is 5.56 Å². The monoisotopic (exact) mass is 386 g/mol. The van der Waals surface area contributed by atoms with Gasteiger partial charge >= 0.3 is 0 Å². The third-order valence-corrected chi connectivity index (χ3v) is 5.16. The Kier molecular flexibility index (Phi) is 6.11. The Morgan fingerprint density at radius 1 is 1.41 bits per heavy atom. The molecule has 0 spiro atoms. The van der Waals surface area contributed by atoms with E-state index in [0.717, 1.165) is 28.3 Å². The molecule has 3 rings (SSSR count). The van der Waals surface area contributed by atoms with E-state index < -0.39 is 0 Å². The largest absolute Gasteiger partial charge is 0.493 e. The summed E-state index contributed by atoms with van der Waals surface area (Å²) in [5.41, 5.74) is 9.62. The van der Waals surface area contributed by atoms with Gasteiger partial charge in [0.05, 0.1) is 17.9 Å². The number of nitrogen functional groups attached to an aromatic ring is 1. The molecule has 0 aliphatic heterocycles. The van der Waals surface area contributed by atoms with E-state index in [4.69, 9.17) is 10.5 Å². The molecule has 27 heavy (non-hydrogen) atoms. The number of hydrogen-bond donors (Lipinski definition) is 2. The molecule has 1 aromatic heterocycles. The zero-order valence-corrected chi connectivity index (χ0v) is 16.8. The summed E-state index contributed by atoms with van der Waals surface area (Å²) in [6.07, 6.45) is 5.73. The van der Waals surface area contributed by atoms with Crippen LogP contribution in [-0.2, 0) is 7.05 Å². The molecule has 1 saturated carbocycles. The molecule has 0 radical (unpaired) electrons. The standard InChI is InChI=1S/C20H26N4O2S/c1-4-27-23-14-7-8-18(26-12-13-5-6-13)15(9-14)17-11-24(3)20(25)16(10-22-2)19(17)21/h7-11,13,23H,4-6,12,21H2,1-3H3. The molecule has 7 heteroatoms. The van der Waals surface area contributed by atoms with Crippen LogP contribution in [0.1, 0.15) is 25.3 Å². The van der Waals surface area contributed by atoms with E-state index in [9.17, 15) is 4.79 Å². The Morgan fingerprint density at radius 3 is 2.85 bits per heavy atom. The van der Waals surface area contributed by atoms with E-state index in [-0.39, 0.29) is 5.56 Å². The van der Waals surface area contributed by atoms with Gasteiger partial charge in [0, 0.05) is 49.1 Å². The molecular weight excluding hydrogens is 360 g/mol. The first kappa shape index (κ1) is 19.4. The van der Waals surface area contributed by atoms with Crippen molar-refractivity contribution in [3.63, 3.8) is 0 Å². The number of aryl methyl sites for hydroxylation is 1. The first-order valence-corrected chi connectivity index (χ1v) is 10.1. The molecule has 0 bridgehead atoms. The van der Waals surface area contributed by atoms with Crippen LogP contribution in [0.5, 0.6) is 5.75 Å². The lowest BCUT2D eigenvalue weighted by atomic mass is 10.0. The second-order valence-electron chi connectivity index (χ2n) is 6.67. The minimum Gasteiger partial charge on any atom is -0.493 e. The quantitative estimate of drug-likeness (QED) is 0.536. The number of anilines is 2. The zero-order valence-electron chi connectivity index (χ0n) is 16.0. The number of rotatable bonds is 8. The van der Waals surface area contributed by atoms with Crippen LogP contribution in [-0.4, -0.2) is 30.2 Å². The maximum atomic E-state index is 12.4. The van der Waals surface area contributed by atoms with E-state index >= 15 is 0 Å². The van der Waals surface area contributed by atoms with Crippen LogP contribution >= 0.6 is 11.9 Å². The number of nitrogens with zero attached hydrogens (tertiary/aromatic N) is 2. The molecule has 0 atom stereocenters. The molecule has 0 saturated heterocycles. The number of aliphatic imine (C=N–C) groups is 1. The summed E-state index contributed by atoms with van der Waals surface area (Å²) in [4.78, 5) is 16.4. The topological polar surface area (TPSA) is 81.6 Å². The number of aromatic nitrogens is 1. The fraction of sp³-hybridized carbons (Fsp3) is 0.400. The first-order chi connectivity index (χ1) is 13.0. The molecule has 3 N–H and O–H groups in total. The van der Waals surface area contributed by atoms with Crippen molar-refractivity contribution in [3.05, 3.63) is 40.3 Å². The van der Waals surface area contributed by atoms with Crippen LogP contribution in [0.3, 0.4) is 0 Å². The maximum absolute atomic E-state index is 12.4. The van der Waals surface area contributed by atoms with Crippen molar-refractivity contribution in [2.75, 3.05) is 29.9 Å². The van der Waals surface area contributed by atoms with Crippen molar-refractivity contribution in [2.45, 2.75) is 19.8 Å². The molecule has 1 aliphatic rings. The van der Waals surface area contributed by atoms with Crippen molar-refractivity contribution in [1.82, 2.24) is 4.57 Å². The Labute approximate surface area is 164 Å². The number of nitrogens with one attached hydrogen (secondary N) is 1. The molecule has 1 heterocycles. The average molecular weight is 387 g/mol. The van der Waals surface area contributed by atoms with E-state index in [0.29, 0.717) is 23.8 Å². The van der Waals surface area contributed by atoms with E-state index in [1.807, 2.05) is 18.2 Å². The van der Waals surface area contributed by atoms with Gasteiger partial charge in [-0.25, -0.2) is 0 Å². The minimum atomic E-state index is -0.168. The molecule has 0 unspecified atom stereocenters. The summed E-state index contributed by atoms with van der Waals surface area (Å²) in [6.45, 7) is 2.80. The molecular formula is C20H26N4O2S. The van der Waals surface area contributed by atoms with Gasteiger partial charge in [0.15, 0.2) is 0 Å². The summed E-state index contributed by atoms with van der Waals surface area (Å²) in [5.74, 6) is 2.37. The van der Waals surface area contributed by atoms with Crippen LogP contribution in [0.25, 0.3) is 11.1 Å². The van der Waals surface area contributed by atoms with Crippen molar-refractivity contribution in [3.8, 4) is 16.9 Å². The third-order valence-electron chi connectivity index (χ3n) is 4.49. The SMILES string of the molecule is CCSNc1ccc(OCC2CC2)c(-c2cn(C)c(=O)c(C=NC)c2N)c1. The summed E-state index contributed by atoms with van der Waals surface area (Å²) >= 11 is 1.62. The maximum Gasteiger partial charge on any atom is 0.261 e. The highest BCUT2D eigenvalue weighted by Gasteiger charge is 2.23. The predicted octanol–water partition coefficient (Wildman–Crippen LogP) is 3.55. The summed E-state index contributed by atoms with van der Waals surface area (Å²) < 4.78 is 10.9. The number of pyridine rings is 1. The molecule has 6 nitrogen and oxygen atoms in total. The van der Waals surface area contributed by atoms with Crippen LogP contribution in [0, 0.1) is 5.92 Å². The molecule has 1 aromatic carbocycles. The first-order valence-electron chi connectivity index (χ1n) is 9.11. The second kappa shape index (κ2) is 8.52. The normalized spacial score (nSPS) is 13.9. The lowest BCUT2D eigenvalue weighted by molar-refractivity contribution is 0.301. The minimum absolute atomic E-state index is 0.168. The second-order valence-corrected chi connectivity index (χ2v) is 7.74. The van der Waals surface area contributed by atoms with Crippen LogP contribution in [0.2, 0.25) is 0 Å². The van der Waals surface area contributed by atoms with Gasteiger partial charge in [-0.1, -0.05) is 18.9 Å². The predicted molar refractivity (Wildman–Crippen MR) is 115 cm³/mol. The fourth-order valence-corrected chi connectivity index (χ4v) is 3.26. The van der Waals surface area contributed by atoms with Crippen molar-refractivity contribution in [2.24, 2.45) is 18.0 Å². The van der Waals surface area contributed by atoms with Crippen molar-refractivity contribution >= 4 is 29.5 Å². The lowest BCUT2D eigenvalue weighted by Crippen LogP contribution is -2.23. The highest BCUT2D eigenvalue weighted by atomic mass is 32.2. The average Bonchev–Trinajstić information content (AvgIpc) is 3.49. The van der Waals surface area contributed by atoms with Gasteiger partial charge in [-0.3, -0.25) is 9.79 Å². The van der Waals surface area contributed by atoms with E-state index in [1.54, 1.807) is 32.2 Å². The third kappa shape index (κ3) is 4.47. The van der Waals surface area contributed by atoms with E-state index in [2.05, 4.69) is 16.6 Å². The molecule has 2 aromatic rings. The summed E-state index contributed by atoms with van der Waals surface area (Å²) in [5, 5.41) is 0. The Hall–Kier alpha value is -2.41.